The van der Waals surface area contributed by atoms with Gasteiger partial charge < -0.3 is 5.32 Å². The minimum atomic E-state index is -0.139. The van der Waals surface area contributed by atoms with Crippen molar-refractivity contribution >= 4 is 29.1 Å². The van der Waals surface area contributed by atoms with Crippen molar-refractivity contribution in [3.05, 3.63) is 36.2 Å². The molecule has 0 aliphatic heterocycles. The summed E-state index contributed by atoms with van der Waals surface area (Å²) in [4.78, 5) is 26.7. The van der Waals surface area contributed by atoms with Gasteiger partial charge in [-0.1, -0.05) is 11.8 Å². The van der Waals surface area contributed by atoms with Crippen molar-refractivity contribution in [1.29, 1.82) is 0 Å². The number of benzene rings is 1. The molecule has 0 saturated heterocycles. The van der Waals surface area contributed by atoms with E-state index in [4.69, 9.17) is 0 Å². The number of amides is 1. The molecule has 0 aliphatic rings. The number of ketones is 1. The van der Waals surface area contributed by atoms with Gasteiger partial charge in [-0.25, -0.2) is 4.98 Å². The van der Waals surface area contributed by atoms with E-state index >= 15 is 0 Å². The third-order valence-corrected chi connectivity index (χ3v) is 3.14. The highest BCUT2D eigenvalue weighted by atomic mass is 32.2. The standard InChI is InChI=1S/C12H12N4O2S/c1-8(17)15-10-4-2-9(3-5-10)11(18)6-19-12-13-7-14-16-12/h2-5,7H,6H2,1H3,(H,15,17)(H,13,14,16). The molecule has 7 heteroatoms. The quantitative estimate of drug-likeness (QED) is 0.641. The first-order valence-electron chi connectivity index (χ1n) is 5.54. The minimum Gasteiger partial charge on any atom is -0.326 e. The summed E-state index contributed by atoms with van der Waals surface area (Å²) in [6.07, 6.45) is 1.40. The van der Waals surface area contributed by atoms with Crippen molar-refractivity contribution in [2.45, 2.75) is 12.1 Å². The fourth-order valence-corrected chi connectivity index (χ4v) is 2.10. The number of nitrogens with one attached hydrogen (secondary N) is 2. The lowest BCUT2D eigenvalue weighted by molar-refractivity contribution is -0.114. The Balaban J connectivity index is 1.93. The Bertz CT molecular complexity index is 566. The van der Waals surface area contributed by atoms with Crippen LogP contribution in [0.15, 0.2) is 35.7 Å². The fraction of sp³-hybridized carbons (Fsp3) is 0.167. The number of carbonyl (C=O) groups is 2. The molecule has 19 heavy (non-hydrogen) atoms. The number of Topliss-reactive ketones (excluding diaryl/α,β-unsaturated/α-hetero) is 1. The monoisotopic (exact) mass is 276 g/mol. The molecule has 0 saturated carbocycles. The second kappa shape index (κ2) is 6.14. The van der Waals surface area contributed by atoms with E-state index in [1.54, 1.807) is 24.3 Å². The number of carbonyl (C=O) groups excluding carboxylic acids is 2. The highest BCUT2D eigenvalue weighted by molar-refractivity contribution is 7.99. The predicted molar refractivity (Wildman–Crippen MR) is 72.2 cm³/mol. The average molecular weight is 276 g/mol. The number of H-pyrrole nitrogens is 1. The lowest BCUT2D eigenvalue weighted by atomic mass is 10.1. The van der Waals surface area contributed by atoms with Crippen LogP contribution in [-0.4, -0.2) is 32.6 Å². The van der Waals surface area contributed by atoms with Crippen LogP contribution in [0.2, 0.25) is 0 Å². The molecule has 6 nitrogen and oxygen atoms in total. The molecule has 0 bridgehead atoms. The Hall–Kier alpha value is -2.15. The molecule has 0 fully saturated rings. The summed E-state index contributed by atoms with van der Waals surface area (Å²) in [5.74, 6) is 0.144. The van der Waals surface area contributed by atoms with Gasteiger partial charge in [0.1, 0.15) is 6.33 Å². The number of rotatable bonds is 5. The molecule has 2 N–H and O–H groups in total. The zero-order chi connectivity index (χ0) is 13.7. The fourth-order valence-electron chi connectivity index (χ4n) is 1.42. The molecular weight excluding hydrogens is 264 g/mol. The van der Waals surface area contributed by atoms with Crippen molar-refractivity contribution < 1.29 is 9.59 Å². The highest BCUT2D eigenvalue weighted by Gasteiger charge is 2.08. The van der Waals surface area contributed by atoms with E-state index in [9.17, 15) is 9.59 Å². The molecule has 0 spiro atoms. The molecule has 1 heterocycles. The first-order valence-corrected chi connectivity index (χ1v) is 6.53. The van der Waals surface area contributed by atoms with Gasteiger partial charge >= 0.3 is 0 Å². The van der Waals surface area contributed by atoms with Gasteiger partial charge in [0.2, 0.25) is 5.91 Å². The Morgan fingerprint density at radius 2 is 2.05 bits per heavy atom. The molecule has 1 aromatic heterocycles. The van der Waals surface area contributed by atoms with Crippen LogP contribution >= 0.6 is 11.8 Å². The van der Waals surface area contributed by atoms with E-state index in [1.165, 1.54) is 25.0 Å². The van der Waals surface area contributed by atoms with E-state index in [-0.39, 0.29) is 17.4 Å². The van der Waals surface area contributed by atoms with Crippen molar-refractivity contribution in [3.8, 4) is 0 Å². The molecule has 0 unspecified atom stereocenters. The SMILES string of the molecule is CC(=O)Nc1ccc(C(=O)CSc2ncn[nH]2)cc1. The summed E-state index contributed by atoms with van der Waals surface area (Å²) in [7, 11) is 0. The first kappa shape index (κ1) is 13.3. The molecular formula is C12H12N4O2S. The number of aromatic nitrogens is 3. The van der Waals surface area contributed by atoms with Crippen LogP contribution < -0.4 is 5.32 Å². The van der Waals surface area contributed by atoms with E-state index in [1.807, 2.05) is 0 Å². The summed E-state index contributed by atoms with van der Waals surface area (Å²) in [6.45, 7) is 1.44. The van der Waals surface area contributed by atoms with Gasteiger partial charge in [0, 0.05) is 18.2 Å². The Labute approximate surface area is 114 Å². The molecule has 2 rings (SSSR count). The lowest BCUT2D eigenvalue weighted by Gasteiger charge is -2.03. The maximum Gasteiger partial charge on any atom is 0.221 e. The molecule has 0 radical (unpaired) electrons. The number of nitrogens with zero attached hydrogens (tertiary/aromatic N) is 2. The van der Waals surface area contributed by atoms with Gasteiger partial charge in [-0.05, 0) is 24.3 Å². The predicted octanol–water partition coefficient (Wildman–Crippen LogP) is 1.74. The molecule has 2 aromatic rings. The van der Waals surface area contributed by atoms with Gasteiger partial charge in [-0.3, -0.25) is 14.7 Å². The largest absolute Gasteiger partial charge is 0.326 e. The molecule has 1 aromatic carbocycles. The topological polar surface area (TPSA) is 87.7 Å². The maximum absolute atomic E-state index is 11.9. The maximum atomic E-state index is 11.9. The minimum absolute atomic E-state index is 0.00391. The van der Waals surface area contributed by atoms with Crippen LogP contribution in [0.1, 0.15) is 17.3 Å². The number of aromatic amines is 1. The Morgan fingerprint density at radius 3 is 2.63 bits per heavy atom. The summed E-state index contributed by atoms with van der Waals surface area (Å²) in [5, 5.41) is 9.64. The zero-order valence-corrected chi connectivity index (χ0v) is 11.0. The Morgan fingerprint density at radius 1 is 1.32 bits per heavy atom. The van der Waals surface area contributed by atoms with Crippen LogP contribution in [0.5, 0.6) is 0 Å². The normalized spacial score (nSPS) is 10.2. The van der Waals surface area contributed by atoms with Gasteiger partial charge in [0.05, 0.1) is 5.75 Å². The number of anilines is 1. The van der Waals surface area contributed by atoms with Crippen LogP contribution in [0.4, 0.5) is 5.69 Å². The van der Waals surface area contributed by atoms with E-state index in [0.717, 1.165) is 0 Å². The number of hydrogen-bond acceptors (Lipinski definition) is 5. The van der Waals surface area contributed by atoms with E-state index in [2.05, 4.69) is 20.5 Å². The van der Waals surface area contributed by atoms with Crippen LogP contribution in [0, 0.1) is 0 Å². The lowest BCUT2D eigenvalue weighted by Crippen LogP contribution is -2.07. The summed E-state index contributed by atoms with van der Waals surface area (Å²) < 4.78 is 0. The molecule has 0 atom stereocenters. The van der Waals surface area contributed by atoms with Crippen LogP contribution in [0.3, 0.4) is 0 Å². The van der Waals surface area contributed by atoms with Crippen molar-refractivity contribution in [1.82, 2.24) is 15.2 Å². The Kier molecular flexibility index (Phi) is 4.30. The molecule has 1 amide bonds. The first-order chi connectivity index (χ1) is 9.15. The van der Waals surface area contributed by atoms with Gasteiger partial charge in [0.15, 0.2) is 10.9 Å². The van der Waals surface area contributed by atoms with Crippen molar-refractivity contribution in [3.63, 3.8) is 0 Å². The number of hydrogen-bond donors (Lipinski definition) is 2. The van der Waals surface area contributed by atoms with Crippen LogP contribution in [-0.2, 0) is 4.79 Å². The highest BCUT2D eigenvalue weighted by Crippen LogP contribution is 2.15. The average Bonchev–Trinajstić information content (AvgIpc) is 2.89. The van der Waals surface area contributed by atoms with Gasteiger partial charge in [0.25, 0.3) is 0 Å². The van der Waals surface area contributed by atoms with E-state index < -0.39 is 0 Å². The van der Waals surface area contributed by atoms with Gasteiger partial charge in [-0.15, -0.1) is 0 Å². The summed E-state index contributed by atoms with van der Waals surface area (Å²) >= 11 is 1.30. The third-order valence-electron chi connectivity index (χ3n) is 2.26. The summed E-state index contributed by atoms with van der Waals surface area (Å²) in [5.41, 5.74) is 1.27. The van der Waals surface area contributed by atoms with E-state index in [0.29, 0.717) is 16.4 Å². The van der Waals surface area contributed by atoms with Crippen LogP contribution in [0.25, 0.3) is 0 Å². The van der Waals surface area contributed by atoms with Crippen molar-refractivity contribution in [2.75, 3.05) is 11.1 Å². The van der Waals surface area contributed by atoms with Gasteiger partial charge in [-0.2, -0.15) is 5.10 Å². The smallest absolute Gasteiger partial charge is 0.221 e. The summed E-state index contributed by atoms with van der Waals surface area (Å²) in [6, 6.07) is 6.78. The number of thioether (sulfide) groups is 1. The zero-order valence-electron chi connectivity index (χ0n) is 10.2. The molecule has 0 aliphatic carbocycles. The molecule has 98 valence electrons. The second-order valence-electron chi connectivity index (χ2n) is 3.76. The third kappa shape index (κ3) is 3.92. The second-order valence-corrected chi connectivity index (χ2v) is 4.73. The van der Waals surface area contributed by atoms with Crippen molar-refractivity contribution in [2.24, 2.45) is 0 Å².